The van der Waals surface area contributed by atoms with Crippen LogP contribution in [0.1, 0.15) is 19.3 Å². The van der Waals surface area contributed by atoms with Gasteiger partial charge in [-0.05, 0) is 44.2 Å². The molecule has 0 amide bonds. The molecule has 2 aliphatic rings. The first-order valence-electron chi connectivity index (χ1n) is 5.24. The highest BCUT2D eigenvalue weighted by atomic mass is 32.2. The van der Waals surface area contributed by atoms with Gasteiger partial charge < -0.3 is 5.32 Å². The summed E-state index contributed by atoms with van der Waals surface area (Å²) >= 11 is 0. The summed E-state index contributed by atoms with van der Waals surface area (Å²) in [7, 11) is -3.00. The SMILES string of the molecule is CS(=O)(=O)N[C@@H]1C[C@H]1C1CCNCC1. The van der Waals surface area contributed by atoms with Crippen LogP contribution in [-0.4, -0.2) is 33.8 Å². The second kappa shape index (κ2) is 3.79. The second-order valence-electron chi connectivity index (χ2n) is 4.48. The number of piperidine rings is 1. The Morgan fingerprint density at radius 2 is 1.93 bits per heavy atom. The number of nitrogens with one attached hydrogen (secondary N) is 2. The van der Waals surface area contributed by atoms with Gasteiger partial charge in [-0.15, -0.1) is 0 Å². The Morgan fingerprint density at radius 1 is 1.29 bits per heavy atom. The maximum Gasteiger partial charge on any atom is 0.208 e. The molecule has 1 saturated heterocycles. The third-order valence-electron chi connectivity index (χ3n) is 3.19. The third kappa shape index (κ3) is 2.68. The Labute approximate surface area is 85.5 Å². The smallest absolute Gasteiger partial charge is 0.208 e. The van der Waals surface area contributed by atoms with Crippen LogP contribution in [0.5, 0.6) is 0 Å². The largest absolute Gasteiger partial charge is 0.317 e. The molecule has 2 rings (SSSR count). The molecule has 1 heterocycles. The van der Waals surface area contributed by atoms with Crippen LogP contribution in [0.4, 0.5) is 0 Å². The molecule has 1 aliphatic carbocycles. The molecule has 82 valence electrons. The number of sulfonamides is 1. The van der Waals surface area contributed by atoms with E-state index in [1.54, 1.807) is 0 Å². The predicted octanol–water partition coefficient (Wildman–Crippen LogP) is -0.0763. The molecule has 14 heavy (non-hydrogen) atoms. The number of rotatable bonds is 3. The van der Waals surface area contributed by atoms with E-state index in [2.05, 4.69) is 10.0 Å². The fraction of sp³-hybridized carbons (Fsp3) is 1.00. The predicted molar refractivity (Wildman–Crippen MR) is 55.5 cm³/mol. The van der Waals surface area contributed by atoms with Crippen LogP contribution in [0.3, 0.4) is 0 Å². The van der Waals surface area contributed by atoms with Crippen molar-refractivity contribution < 1.29 is 8.42 Å². The summed E-state index contributed by atoms with van der Waals surface area (Å²) in [5.74, 6) is 1.34. The van der Waals surface area contributed by atoms with Crippen LogP contribution < -0.4 is 10.0 Å². The van der Waals surface area contributed by atoms with E-state index in [4.69, 9.17) is 0 Å². The van der Waals surface area contributed by atoms with Crippen molar-refractivity contribution in [1.82, 2.24) is 10.0 Å². The summed E-state index contributed by atoms with van der Waals surface area (Å²) in [4.78, 5) is 0. The van der Waals surface area contributed by atoms with Gasteiger partial charge in [0.05, 0.1) is 6.26 Å². The van der Waals surface area contributed by atoms with Gasteiger partial charge >= 0.3 is 0 Å². The molecule has 0 aromatic heterocycles. The van der Waals surface area contributed by atoms with Gasteiger partial charge in [-0.1, -0.05) is 0 Å². The van der Waals surface area contributed by atoms with E-state index in [1.165, 1.54) is 19.1 Å². The molecule has 0 spiro atoms. The molecule has 0 bridgehead atoms. The van der Waals surface area contributed by atoms with Crippen molar-refractivity contribution in [2.24, 2.45) is 11.8 Å². The lowest BCUT2D eigenvalue weighted by Crippen LogP contribution is -2.32. The summed E-state index contributed by atoms with van der Waals surface area (Å²) in [5.41, 5.74) is 0. The van der Waals surface area contributed by atoms with Gasteiger partial charge in [0.25, 0.3) is 0 Å². The first-order valence-corrected chi connectivity index (χ1v) is 7.13. The van der Waals surface area contributed by atoms with Crippen molar-refractivity contribution in [3.05, 3.63) is 0 Å². The number of hydrogen-bond acceptors (Lipinski definition) is 3. The molecular weight excluding hydrogens is 200 g/mol. The van der Waals surface area contributed by atoms with Crippen LogP contribution in [-0.2, 0) is 10.0 Å². The van der Waals surface area contributed by atoms with Crippen LogP contribution in [0, 0.1) is 11.8 Å². The lowest BCUT2D eigenvalue weighted by atomic mass is 9.93. The van der Waals surface area contributed by atoms with Gasteiger partial charge in [0.2, 0.25) is 10.0 Å². The van der Waals surface area contributed by atoms with E-state index in [0.29, 0.717) is 5.92 Å². The molecule has 0 radical (unpaired) electrons. The molecule has 0 aromatic carbocycles. The van der Waals surface area contributed by atoms with E-state index < -0.39 is 10.0 Å². The molecule has 2 N–H and O–H groups in total. The normalized spacial score (nSPS) is 34.4. The van der Waals surface area contributed by atoms with E-state index in [0.717, 1.165) is 25.4 Å². The fourth-order valence-electron chi connectivity index (χ4n) is 2.42. The Balaban J connectivity index is 1.80. The molecule has 4 nitrogen and oxygen atoms in total. The fourth-order valence-corrected chi connectivity index (χ4v) is 3.24. The van der Waals surface area contributed by atoms with Crippen molar-refractivity contribution >= 4 is 10.0 Å². The summed E-state index contributed by atoms with van der Waals surface area (Å²) < 4.78 is 24.7. The topological polar surface area (TPSA) is 58.2 Å². The minimum atomic E-state index is -3.00. The molecular formula is C9H18N2O2S. The summed E-state index contributed by atoms with van der Waals surface area (Å²) in [6, 6.07) is 0.230. The van der Waals surface area contributed by atoms with Gasteiger partial charge in [0.15, 0.2) is 0 Å². The summed E-state index contributed by atoms with van der Waals surface area (Å²) in [6.07, 6.45) is 4.68. The first-order chi connectivity index (χ1) is 6.56. The van der Waals surface area contributed by atoms with Crippen LogP contribution in [0.15, 0.2) is 0 Å². The lowest BCUT2D eigenvalue weighted by molar-refractivity contribution is 0.330. The maximum absolute atomic E-state index is 11.0. The van der Waals surface area contributed by atoms with Crippen molar-refractivity contribution in [2.75, 3.05) is 19.3 Å². The lowest BCUT2D eigenvalue weighted by Gasteiger charge is -2.22. The average Bonchev–Trinajstić information content (AvgIpc) is 2.82. The molecule has 1 saturated carbocycles. The molecule has 5 heteroatoms. The zero-order chi connectivity index (χ0) is 10.2. The standard InChI is InChI=1S/C9H18N2O2S/c1-14(12,13)11-9-6-8(9)7-2-4-10-5-3-7/h7-11H,2-6H2,1H3/t8-,9+/m0/s1. The highest BCUT2D eigenvalue weighted by Gasteiger charge is 2.44. The van der Waals surface area contributed by atoms with Crippen LogP contribution >= 0.6 is 0 Å². The number of hydrogen-bond donors (Lipinski definition) is 2. The monoisotopic (exact) mass is 218 g/mol. The Kier molecular flexibility index (Phi) is 2.81. The first kappa shape index (κ1) is 10.4. The quantitative estimate of drug-likeness (QED) is 0.697. The van der Waals surface area contributed by atoms with Crippen molar-refractivity contribution in [3.8, 4) is 0 Å². The van der Waals surface area contributed by atoms with Crippen molar-refractivity contribution in [2.45, 2.75) is 25.3 Å². The van der Waals surface area contributed by atoms with E-state index in [1.807, 2.05) is 0 Å². The Morgan fingerprint density at radius 3 is 2.50 bits per heavy atom. The van der Waals surface area contributed by atoms with Gasteiger partial charge in [-0.3, -0.25) is 0 Å². The van der Waals surface area contributed by atoms with Gasteiger partial charge in [0.1, 0.15) is 0 Å². The third-order valence-corrected chi connectivity index (χ3v) is 3.93. The Hall–Kier alpha value is -0.130. The van der Waals surface area contributed by atoms with E-state index in [-0.39, 0.29) is 6.04 Å². The Bertz CT molecular complexity index is 296. The van der Waals surface area contributed by atoms with Crippen molar-refractivity contribution in [3.63, 3.8) is 0 Å². The second-order valence-corrected chi connectivity index (χ2v) is 6.26. The molecule has 1 aliphatic heterocycles. The summed E-state index contributed by atoms with van der Waals surface area (Å²) in [6.45, 7) is 2.18. The van der Waals surface area contributed by atoms with Gasteiger partial charge in [-0.25, -0.2) is 13.1 Å². The highest BCUT2D eigenvalue weighted by Crippen LogP contribution is 2.41. The molecule has 0 aromatic rings. The van der Waals surface area contributed by atoms with E-state index in [9.17, 15) is 8.42 Å². The molecule has 2 fully saturated rings. The van der Waals surface area contributed by atoms with Crippen LogP contribution in [0.25, 0.3) is 0 Å². The van der Waals surface area contributed by atoms with E-state index >= 15 is 0 Å². The zero-order valence-corrected chi connectivity index (χ0v) is 9.31. The van der Waals surface area contributed by atoms with Crippen molar-refractivity contribution in [1.29, 1.82) is 0 Å². The maximum atomic E-state index is 11.0. The highest BCUT2D eigenvalue weighted by molar-refractivity contribution is 7.88. The zero-order valence-electron chi connectivity index (χ0n) is 8.49. The van der Waals surface area contributed by atoms with Crippen LogP contribution in [0.2, 0.25) is 0 Å². The van der Waals surface area contributed by atoms with Gasteiger partial charge in [-0.2, -0.15) is 0 Å². The minimum Gasteiger partial charge on any atom is -0.317 e. The average molecular weight is 218 g/mol. The molecule has 0 unspecified atom stereocenters. The molecule has 2 atom stereocenters. The summed E-state index contributed by atoms with van der Waals surface area (Å²) in [5, 5.41) is 3.32. The minimum absolute atomic E-state index is 0.230. The van der Waals surface area contributed by atoms with Gasteiger partial charge in [0, 0.05) is 6.04 Å².